The van der Waals surface area contributed by atoms with E-state index >= 15 is 0 Å². The topological polar surface area (TPSA) is 79.4 Å². The van der Waals surface area contributed by atoms with E-state index in [-0.39, 0.29) is 24.3 Å². The molecule has 0 radical (unpaired) electrons. The molecule has 0 spiro atoms. The lowest BCUT2D eigenvalue weighted by atomic mass is 10.1. The van der Waals surface area contributed by atoms with E-state index in [4.69, 9.17) is 0 Å². The fourth-order valence-corrected chi connectivity index (χ4v) is 4.50. The summed E-state index contributed by atoms with van der Waals surface area (Å²) in [4.78, 5) is 43.7. The van der Waals surface area contributed by atoms with Gasteiger partial charge in [-0.25, -0.2) is 0 Å². The summed E-state index contributed by atoms with van der Waals surface area (Å²) in [5.41, 5.74) is 3.50. The molecule has 1 aliphatic heterocycles. The second kappa shape index (κ2) is 9.62. The first-order chi connectivity index (χ1) is 15.5. The first-order valence-corrected chi connectivity index (χ1v) is 11.1. The molecule has 2 aromatic carbocycles. The van der Waals surface area contributed by atoms with Crippen LogP contribution in [-0.2, 0) is 26.7 Å². The molecular formula is C25H21N3O3S. The molecule has 0 saturated carbocycles. The van der Waals surface area contributed by atoms with Crippen LogP contribution in [0.1, 0.15) is 23.6 Å². The summed E-state index contributed by atoms with van der Waals surface area (Å²) in [6.45, 7) is 1.60. The number of imide groups is 1. The Balaban J connectivity index is 1.66. The summed E-state index contributed by atoms with van der Waals surface area (Å²) in [7, 11) is 0. The van der Waals surface area contributed by atoms with Gasteiger partial charge in [-0.15, -0.1) is 11.8 Å². The van der Waals surface area contributed by atoms with Gasteiger partial charge in [-0.3, -0.25) is 24.3 Å². The molecule has 0 aliphatic carbocycles. The molecule has 3 aromatic rings. The molecule has 0 fully saturated rings. The van der Waals surface area contributed by atoms with Crippen LogP contribution in [0.5, 0.6) is 0 Å². The zero-order chi connectivity index (χ0) is 22.5. The molecule has 1 N–H and O–H groups in total. The maximum absolute atomic E-state index is 13.3. The maximum Gasteiger partial charge on any atom is 0.268 e. The molecule has 4 rings (SSSR count). The van der Waals surface area contributed by atoms with Gasteiger partial charge in [0.25, 0.3) is 11.8 Å². The molecule has 6 nitrogen and oxygen atoms in total. The molecule has 1 aliphatic rings. The highest BCUT2D eigenvalue weighted by Gasteiger charge is 2.39. The number of hydrogen-bond donors (Lipinski definition) is 1. The van der Waals surface area contributed by atoms with Crippen molar-refractivity contribution in [2.75, 3.05) is 5.32 Å². The largest absolute Gasteiger partial charge is 0.326 e. The molecule has 7 heteroatoms. The Kier molecular flexibility index (Phi) is 6.47. The minimum absolute atomic E-state index is 0.161. The summed E-state index contributed by atoms with van der Waals surface area (Å²) < 4.78 is 0. The number of rotatable bonds is 7. The standard InChI is InChI=1S/C25H21N3O3S/c1-17(29)27-21-11-9-20(10-12-21)22-23(32-16-18-6-3-2-4-7-18)25(31)28(24(22)30)15-19-8-5-13-26-14-19/h2-14H,15-16H2,1H3,(H,27,29). The quantitative estimate of drug-likeness (QED) is 0.552. The number of hydrogen-bond acceptors (Lipinski definition) is 5. The van der Waals surface area contributed by atoms with Gasteiger partial charge in [0.05, 0.1) is 17.0 Å². The van der Waals surface area contributed by atoms with E-state index < -0.39 is 0 Å². The number of anilines is 1. The van der Waals surface area contributed by atoms with Gasteiger partial charge in [0.1, 0.15) is 0 Å². The molecule has 0 bridgehead atoms. The lowest BCUT2D eigenvalue weighted by molar-refractivity contribution is -0.137. The Bertz CT molecular complexity index is 1180. The summed E-state index contributed by atoms with van der Waals surface area (Å²) in [6.07, 6.45) is 3.30. The molecule has 3 amide bonds. The van der Waals surface area contributed by atoms with Crippen LogP contribution < -0.4 is 5.32 Å². The molecule has 160 valence electrons. The molecule has 0 saturated heterocycles. The fraction of sp³-hybridized carbons (Fsp3) is 0.120. The fourth-order valence-electron chi connectivity index (χ4n) is 3.41. The number of nitrogens with one attached hydrogen (secondary N) is 1. The monoisotopic (exact) mass is 443 g/mol. The summed E-state index contributed by atoms with van der Waals surface area (Å²) in [6, 6.07) is 20.4. The number of nitrogens with zero attached hydrogens (tertiary/aromatic N) is 2. The highest BCUT2D eigenvalue weighted by Crippen LogP contribution is 2.38. The van der Waals surface area contributed by atoms with Crippen LogP contribution in [0.4, 0.5) is 5.69 Å². The SMILES string of the molecule is CC(=O)Nc1ccc(C2=C(SCc3ccccc3)C(=O)N(Cc3cccnc3)C2=O)cc1. The van der Waals surface area contributed by atoms with E-state index in [9.17, 15) is 14.4 Å². The van der Waals surface area contributed by atoms with E-state index in [1.807, 2.05) is 36.4 Å². The minimum atomic E-state index is -0.332. The van der Waals surface area contributed by atoms with Gasteiger partial charge in [-0.2, -0.15) is 0 Å². The number of pyridine rings is 1. The van der Waals surface area contributed by atoms with Gasteiger partial charge < -0.3 is 5.32 Å². The molecule has 32 heavy (non-hydrogen) atoms. The predicted octanol–water partition coefficient (Wildman–Crippen LogP) is 4.25. The van der Waals surface area contributed by atoms with Crippen LogP contribution in [0.3, 0.4) is 0 Å². The molecule has 0 unspecified atom stereocenters. The Morgan fingerprint density at radius 3 is 2.31 bits per heavy atom. The third-order valence-corrected chi connectivity index (χ3v) is 6.05. The van der Waals surface area contributed by atoms with Gasteiger partial charge >= 0.3 is 0 Å². The van der Waals surface area contributed by atoms with Gasteiger partial charge in [-0.05, 0) is 34.9 Å². The van der Waals surface area contributed by atoms with Crippen molar-refractivity contribution < 1.29 is 14.4 Å². The van der Waals surface area contributed by atoms with Crippen molar-refractivity contribution in [2.45, 2.75) is 19.2 Å². The first kappa shape index (κ1) is 21.5. The first-order valence-electron chi connectivity index (χ1n) is 10.1. The van der Waals surface area contributed by atoms with Crippen molar-refractivity contribution in [3.05, 3.63) is 101 Å². The highest BCUT2D eigenvalue weighted by atomic mass is 32.2. The molecular weight excluding hydrogens is 422 g/mol. The second-order valence-electron chi connectivity index (χ2n) is 7.29. The highest BCUT2D eigenvalue weighted by molar-refractivity contribution is 8.03. The average molecular weight is 444 g/mol. The van der Waals surface area contributed by atoms with Crippen LogP contribution >= 0.6 is 11.8 Å². The van der Waals surface area contributed by atoms with Crippen molar-refractivity contribution in [1.82, 2.24) is 9.88 Å². The molecule has 0 atom stereocenters. The number of amides is 3. The zero-order valence-electron chi connectivity index (χ0n) is 17.4. The molecule has 2 heterocycles. The average Bonchev–Trinajstić information content (AvgIpc) is 3.03. The minimum Gasteiger partial charge on any atom is -0.326 e. The smallest absolute Gasteiger partial charge is 0.268 e. The Hall–Kier alpha value is -3.71. The lowest BCUT2D eigenvalue weighted by Crippen LogP contribution is -2.31. The van der Waals surface area contributed by atoms with E-state index in [0.717, 1.165) is 11.1 Å². The summed E-state index contributed by atoms with van der Waals surface area (Å²) >= 11 is 1.36. The third kappa shape index (κ3) is 4.78. The Morgan fingerprint density at radius 1 is 0.938 bits per heavy atom. The Morgan fingerprint density at radius 2 is 1.66 bits per heavy atom. The van der Waals surface area contributed by atoms with Crippen molar-refractivity contribution >= 4 is 40.7 Å². The van der Waals surface area contributed by atoms with E-state index in [1.54, 1.807) is 42.7 Å². The summed E-state index contributed by atoms with van der Waals surface area (Å²) in [5.74, 6) is -0.239. The Labute approximate surface area is 190 Å². The van der Waals surface area contributed by atoms with Crippen LogP contribution in [0.25, 0.3) is 5.57 Å². The van der Waals surface area contributed by atoms with Gasteiger partial charge in [0.15, 0.2) is 0 Å². The van der Waals surface area contributed by atoms with Gasteiger partial charge in [0, 0.05) is 30.8 Å². The van der Waals surface area contributed by atoms with Crippen molar-refractivity contribution in [3.8, 4) is 0 Å². The predicted molar refractivity (Wildman–Crippen MR) is 125 cm³/mol. The van der Waals surface area contributed by atoms with E-state index in [0.29, 0.717) is 27.5 Å². The number of carbonyl (C=O) groups excluding carboxylic acids is 3. The van der Waals surface area contributed by atoms with Crippen LogP contribution in [-0.4, -0.2) is 27.6 Å². The van der Waals surface area contributed by atoms with E-state index in [1.165, 1.54) is 23.6 Å². The number of thioether (sulfide) groups is 1. The van der Waals surface area contributed by atoms with Crippen molar-refractivity contribution in [1.29, 1.82) is 0 Å². The zero-order valence-corrected chi connectivity index (χ0v) is 18.3. The van der Waals surface area contributed by atoms with Crippen molar-refractivity contribution in [3.63, 3.8) is 0 Å². The summed E-state index contributed by atoms with van der Waals surface area (Å²) in [5, 5.41) is 2.71. The van der Waals surface area contributed by atoms with Crippen LogP contribution in [0, 0.1) is 0 Å². The molecule has 1 aromatic heterocycles. The second-order valence-corrected chi connectivity index (χ2v) is 8.28. The number of aromatic nitrogens is 1. The van der Waals surface area contributed by atoms with Crippen molar-refractivity contribution in [2.24, 2.45) is 0 Å². The third-order valence-electron chi connectivity index (χ3n) is 4.91. The van der Waals surface area contributed by atoms with Gasteiger partial charge in [-0.1, -0.05) is 48.5 Å². The number of benzene rings is 2. The number of carbonyl (C=O) groups is 3. The van der Waals surface area contributed by atoms with Crippen LogP contribution in [0.2, 0.25) is 0 Å². The normalized spacial score (nSPS) is 13.6. The van der Waals surface area contributed by atoms with E-state index in [2.05, 4.69) is 10.3 Å². The van der Waals surface area contributed by atoms with Gasteiger partial charge in [0.2, 0.25) is 5.91 Å². The van der Waals surface area contributed by atoms with Crippen LogP contribution in [0.15, 0.2) is 84.0 Å². The maximum atomic E-state index is 13.3. The lowest BCUT2D eigenvalue weighted by Gasteiger charge is -2.15.